The summed E-state index contributed by atoms with van der Waals surface area (Å²) < 4.78 is 41.2. The third kappa shape index (κ3) is 4.48. The zero-order valence-electron chi connectivity index (χ0n) is 12.6. The van der Waals surface area contributed by atoms with Crippen molar-refractivity contribution in [2.45, 2.75) is 26.4 Å². The fourth-order valence-corrected chi connectivity index (χ4v) is 2.03. The van der Waals surface area contributed by atoms with E-state index in [1.807, 2.05) is 6.92 Å². The molecule has 1 aromatic carbocycles. The molecule has 5 nitrogen and oxygen atoms in total. The lowest BCUT2D eigenvalue weighted by molar-refractivity contribution is -0.153. The van der Waals surface area contributed by atoms with Crippen LogP contribution in [0.2, 0.25) is 0 Å². The number of benzene rings is 1. The van der Waals surface area contributed by atoms with Crippen LogP contribution in [0.1, 0.15) is 28.5 Å². The number of ether oxygens (including phenoxy) is 1. The van der Waals surface area contributed by atoms with Gasteiger partial charge in [-0.3, -0.25) is 9.89 Å². The summed E-state index contributed by atoms with van der Waals surface area (Å²) in [4.78, 5) is 12.2. The highest BCUT2D eigenvalue weighted by Gasteiger charge is 2.28. The molecule has 1 amide bonds. The molecule has 1 aromatic heterocycles. The highest BCUT2D eigenvalue weighted by Crippen LogP contribution is 2.25. The van der Waals surface area contributed by atoms with Gasteiger partial charge in [-0.25, -0.2) is 0 Å². The quantitative estimate of drug-likeness (QED) is 0.883. The maximum Gasteiger partial charge on any atom is 0.422 e. The van der Waals surface area contributed by atoms with Crippen molar-refractivity contribution < 1.29 is 22.7 Å². The third-order valence-corrected chi connectivity index (χ3v) is 3.14. The minimum Gasteiger partial charge on any atom is -0.484 e. The number of anilines is 1. The van der Waals surface area contributed by atoms with E-state index in [4.69, 9.17) is 4.74 Å². The number of alkyl halides is 3. The van der Waals surface area contributed by atoms with Crippen molar-refractivity contribution in [3.8, 4) is 5.75 Å². The van der Waals surface area contributed by atoms with E-state index >= 15 is 0 Å². The van der Waals surface area contributed by atoms with Crippen molar-refractivity contribution in [3.05, 3.63) is 41.2 Å². The smallest absolute Gasteiger partial charge is 0.422 e. The van der Waals surface area contributed by atoms with Crippen LogP contribution in [0.3, 0.4) is 0 Å². The van der Waals surface area contributed by atoms with Crippen LogP contribution < -0.4 is 10.1 Å². The van der Waals surface area contributed by atoms with Crippen molar-refractivity contribution >= 4 is 11.6 Å². The summed E-state index contributed by atoms with van der Waals surface area (Å²) in [6.07, 6.45) is -2.33. The van der Waals surface area contributed by atoms with Crippen LogP contribution in [0.5, 0.6) is 5.75 Å². The molecule has 0 fully saturated rings. The first-order chi connectivity index (χ1) is 10.8. The Labute approximate surface area is 130 Å². The number of amides is 1. The second kappa shape index (κ2) is 6.72. The lowest BCUT2D eigenvalue weighted by Gasteiger charge is -2.13. The topological polar surface area (TPSA) is 67.0 Å². The summed E-state index contributed by atoms with van der Waals surface area (Å²) in [5, 5.41) is 9.24. The lowest BCUT2D eigenvalue weighted by Crippen LogP contribution is -2.19. The molecular weight excluding hydrogens is 311 g/mol. The van der Waals surface area contributed by atoms with Gasteiger partial charge in [-0.05, 0) is 37.1 Å². The molecule has 0 saturated carbocycles. The molecule has 2 aromatic rings. The molecule has 0 spiro atoms. The predicted octanol–water partition coefficient (Wildman–Crippen LogP) is 3.47. The Bertz CT molecular complexity index is 696. The predicted molar refractivity (Wildman–Crippen MR) is 78.6 cm³/mol. The standard InChI is InChI=1S/C15H16F3N3O2/c1-3-12-11(7-19-21-12)14(22)20-10-4-5-13(9(2)6-10)23-8-15(16,17)18/h4-7H,3,8H2,1-2H3,(H,19,21)(H,20,22). The van der Waals surface area contributed by atoms with E-state index < -0.39 is 12.8 Å². The lowest BCUT2D eigenvalue weighted by atomic mass is 10.1. The zero-order valence-corrected chi connectivity index (χ0v) is 12.6. The van der Waals surface area contributed by atoms with Gasteiger partial charge in [-0.15, -0.1) is 0 Å². The Morgan fingerprint density at radius 3 is 2.74 bits per heavy atom. The molecule has 0 bridgehead atoms. The number of carbonyl (C=O) groups excluding carboxylic acids is 1. The van der Waals surface area contributed by atoms with Crippen LogP contribution in [0.25, 0.3) is 0 Å². The number of aryl methyl sites for hydroxylation is 2. The second-order valence-corrected chi connectivity index (χ2v) is 4.95. The summed E-state index contributed by atoms with van der Waals surface area (Å²) in [7, 11) is 0. The van der Waals surface area contributed by atoms with Gasteiger partial charge in [0.25, 0.3) is 5.91 Å². The summed E-state index contributed by atoms with van der Waals surface area (Å²) in [5.41, 5.74) is 2.11. The Balaban J connectivity index is 2.07. The van der Waals surface area contributed by atoms with Gasteiger partial charge >= 0.3 is 6.18 Å². The SMILES string of the molecule is CCc1[nH]ncc1C(=O)Nc1ccc(OCC(F)(F)F)c(C)c1. The molecule has 0 atom stereocenters. The number of hydrogen-bond donors (Lipinski definition) is 2. The Kier molecular flexibility index (Phi) is 4.92. The van der Waals surface area contributed by atoms with E-state index in [0.717, 1.165) is 0 Å². The van der Waals surface area contributed by atoms with Crippen LogP contribution in [0.15, 0.2) is 24.4 Å². The molecule has 23 heavy (non-hydrogen) atoms. The summed E-state index contributed by atoms with van der Waals surface area (Å²) >= 11 is 0. The van der Waals surface area contributed by atoms with Crippen molar-refractivity contribution in [1.82, 2.24) is 10.2 Å². The van der Waals surface area contributed by atoms with Gasteiger partial charge in [-0.1, -0.05) is 6.92 Å². The molecule has 0 aliphatic carbocycles. The minimum absolute atomic E-state index is 0.123. The Morgan fingerprint density at radius 1 is 1.39 bits per heavy atom. The van der Waals surface area contributed by atoms with E-state index in [9.17, 15) is 18.0 Å². The number of nitrogens with one attached hydrogen (secondary N) is 2. The van der Waals surface area contributed by atoms with Gasteiger partial charge in [0.2, 0.25) is 0 Å². The van der Waals surface area contributed by atoms with Crippen molar-refractivity contribution in [2.24, 2.45) is 0 Å². The van der Waals surface area contributed by atoms with Crippen LogP contribution in [0, 0.1) is 6.92 Å². The summed E-state index contributed by atoms with van der Waals surface area (Å²) in [6.45, 7) is 2.15. The Hall–Kier alpha value is -2.51. The first-order valence-electron chi connectivity index (χ1n) is 6.94. The number of aromatic amines is 1. The molecule has 0 saturated heterocycles. The number of halogens is 3. The number of nitrogens with zero attached hydrogens (tertiary/aromatic N) is 1. The van der Waals surface area contributed by atoms with E-state index in [1.54, 1.807) is 13.0 Å². The van der Waals surface area contributed by atoms with Crippen molar-refractivity contribution in [3.63, 3.8) is 0 Å². The van der Waals surface area contributed by atoms with Gasteiger partial charge < -0.3 is 10.1 Å². The molecule has 0 aliphatic rings. The third-order valence-electron chi connectivity index (χ3n) is 3.14. The highest BCUT2D eigenvalue weighted by molar-refractivity contribution is 6.04. The molecule has 8 heteroatoms. The van der Waals surface area contributed by atoms with E-state index in [0.29, 0.717) is 28.9 Å². The maximum absolute atomic E-state index is 12.2. The van der Waals surface area contributed by atoms with E-state index in [2.05, 4.69) is 15.5 Å². The molecule has 0 radical (unpaired) electrons. The average Bonchev–Trinajstić information content (AvgIpc) is 2.94. The van der Waals surface area contributed by atoms with Gasteiger partial charge in [0.15, 0.2) is 6.61 Å². The number of carbonyl (C=O) groups is 1. The van der Waals surface area contributed by atoms with E-state index in [1.165, 1.54) is 18.3 Å². The first-order valence-corrected chi connectivity index (χ1v) is 6.94. The van der Waals surface area contributed by atoms with Gasteiger partial charge in [-0.2, -0.15) is 18.3 Å². The second-order valence-electron chi connectivity index (χ2n) is 4.95. The molecule has 0 aliphatic heterocycles. The van der Waals surface area contributed by atoms with Gasteiger partial charge in [0.05, 0.1) is 11.8 Å². The number of rotatable bonds is 5. The fraction of sp³-hybridized carbons (Fsp3) is 0.333. The average molecular weight is 327 g/mol. The van der Waals surface area contributed by atoms with Crippen LogP contribution in [-0.4, -0.2) is 28.9 Å². The summed E-state index contributed by atoms with van der Waals surface area (Å²) in [6, 6.07) is 4.43. The van der Waals surface area contributed by atoms with Crippen molar-refractivity contribution in [1.29, 1.82) is 0 Å². The molecule has 1 heterocycles. The number of aromatic nitrogens is 2. The normalized spacial score (nSPS) is 11.3. The molecule has 124 valence electrons. The molecule has 0 unspecified atom stereocenters. The number of hydrogen-bond acceptors (Lipinski definition) is 3. The Morgan fingerprint density at radius 2 is 2.13 bits per heavy atom. The number of H-pyrrole nitrogens is 1. The largest absolute Gasteiger partial charge is 0.484 e. The molecule has 2 N–H and O–H groups in total. The zero-order chi connectivity index (χ0) is 17.0. The van der Waals surface area contributed by atoms with Crippen LogP contribution >= 0.6 is 0 Å². The highest BCUT2D eigenvalue weighted by atomic mass is 19.4. The van der Waals surface area contributed by atoms with Gasteiger partial charge in [0, 0.05) is 11.4 Å². The van der Waals surface area contributed by atoms with E-state index in [-0.39, 0.29) is 11.7 Å². The molecular formula is C15H16F3N3O2. The fourth-order valence-electron chi connectivity index (χ4n) is 2.03. The molecule has 2 rings (SSSR count). The summed E-state index contributed by atoms with van der Waals surface area (Å²) in [5.74, 6) is -0.211. The van der Waals surface area contributed by atoms with Crippen molar-refractivity contribution in [2.75, 3.05) is 11.9 Å². The van der Waals surface area contributed by atoms with Gasteiger partial charge in [0.1, 0.15) is 5.75 Å². The first kappa shape index (κ1) is 16.9. The van der Waals surface area contributed by atoms with Crippen LogP contribution in [0.4, 0.5) is 18.9 Å². The minimum atomic E-state index is -4.39. The van der Waals surface area contributed by atoms with Crippen LogP contribution in [-0.2, 0) is 6.42 Å². The maximum atomic E-state index is 12.2. The monoisotopic (exact) mass is 327 g/mol.